The summed E-state index contributed by atoms with van der Waals surface area (Å²) < 4.78 is 0. The first-order valence-electron chi connectivity index (χ1n) is 6.78. The molecule has 2 heterocycles. The van der Waals surface area contributed by atoms with Crippen LogP contribution in [0.3, 0.4) is 0 Å². The van der Waals surface area contributed by atoms with E-state index < -0.39 is 0 Å². The predicted octanol–water partition coefficient (Wildman–Crippen LogP) is 3.98. The fourth-order valence-corrected chi connectivity index (χ4v) is 3.01. The highest BCUT2D eigenvalue weighted by molar-refractivity contribution is 6.31. The number of benzene rings is 2. The first-order valence-corrected chi connectivity index (χ1v) is 7.16. The Labute approximate surface area is 139 Å². The van der Waals surface area contributed by atoms with E-state index in [4.69, 9.17) is 17.3 Å². The first-order chi connectivity index (χ1) is 10.2. The molecule has 0 saturated carbocycles. The second kappa shape index (κ2) is 5.63. The van der Waals surface area contributed by atoms with E-state index in [0.717, 1.165) is 40.4 Å². The fraction of sp³-hybridized carbons (Fsp3) is 0.125. The van der Waals surface area contributed by atoms with Crippen LogP contribution in [0.1, 0.15) is 5.56 Å². The number of fused-ring (bicyclic) bond motifs is 2. The Morgan fingerprint density at radius 2 is 1.95 bits per heavy atom. The summed E-state index contributed by atoms with van der Waals surface area (Å²) in [6, 6.07) is 11.7. The number of hydrogen-bond acceptors (Lipinski definition) is 4. The molecule has 112 valence electrons. The zero-order chi connectivity index (χ0) is 14.4. The van der Waals surface area contributed by atoms with Crippen molar-refractivity contribution in [2.75, 3.05) is 17.2 Å². The van der Waals surface area contributed by atoms with Crippen LogP contribution >= 0.6 is 24.0 Å². The van der Waals surface area contributed by atoms with Gasteiger partial charge in [0, 0.05) is 28.3 Å². The zero-order valence-electron chi connectivity index (χ0n) is 11.7. The summed E-state index contributed by atoms with van der Waals surface area (Å²) in [4.78, 5) is 11.0. The van der Waals surface area contributed by atoms with Crippen molar-refractivity contribution in [3.8, 4) is 0 Å². The Morgan fingerprint density at radius 1 is 1.09 bits per heavy atom. The van der Waals surface area contributed by atoms with Gasteiger partial charge < -0.3 is 10.6 Å². The van der Waals surface area contributed by atoms with Crippen molar-refractivity contribution in [3.63, 3.8) is 0 Å². The summed E-state index contributed by atoms with van der Waals surface area (Å²) in [5.41, 5.74) is 9.81. The molecule has 0 amide bonds. The Morgan fingerprint density at radius 3 is 2.82 bits per heavy atom. The normalized spacial score (nSPS) is 13.0. The summed E-state index contributed by atoms with van der Waals surface area (Å²) in [6.07, 6.45) is 2.58. The third-order valence-electron chi connectivity index (χ3n) is 3.84. The number of hydrogen-bond donors (Lipinski definition) is 1. The average Bonchev–Trinajstić information content (AvgIpc) is 2.89. The Hall–Kier alpha value is -2.04. The molecule has 22 heavy (non-hydrogen) atoms. The minimum atomic E-state index is 0. The van der Waals surface area contributed by atoms with E-state index in [-0.39, 0.29) is 12.4 Å². The molecule has 1 aliphatic heterocycles. The maximum Gasteiger partial charge on any atom is 0.144 e. The van der Waals surface area contributed by atoms with Gasteiger partial charge in [-0.1, -0.05) is 17.7 Å². The molecule has 1 aromatic heterocycles. The molecule has 1 aliphatic rings. The van der Waals surface area contributed by atoms with Gasteiger partial charge in [-0.3, -0.25) is 0 Å². The van der Waals surface area contributed by atoms with Gasteiger partial charge in [0.1, 0.15) is 12.1 Å². The van der Waals surface area contributed by atoms with Crippen LogP contribution in [0.4, 0.5) is 17.2 Å². The van der Waals surface area contributed by atoms with E-state index in [0.29, 0.717) is 5.69 Å². The summed E-state index contributed by atoms with van der Waals surface area (Å²) in [5, 5.41) is 1.74. The van der Waals surface area contributed by atoms with Gasteiger partial charge in [-0.2, -0.15) is 0 Å². The minimum absolute atomic E-state index is 0. The SMILES string of the molecule is Cl.Nc1ccc2c(N3CCc4ccc(Cl)cc43)ncnc2c1. The van der Waals surface area contributed by atoms with Gasteiger partial charge in [-0.05, 0) is 42.3 Å². The molecule has 2 aromatic carbocycles. The minimum Gasteiger partial charge on any atom is -0.399 e. The number of nitrogen functional groups attached to an aromatic ring is 1. The number of halogens is 2. The van der Waals surface area contributed by atoms with Gasteiger partial charge in [0.15, 0.2) is 0 Å². The zero-order valence-corrected chi connectivity index (χ0v) is 13.2. The molecule has 2 N–H and O–H groups in total. The van der Waals surface area contributed by atoms with Gasteiger partial charge in [0.25, 0.3) is 0 Å². The lowest BCUT2D eigenvalue weighted by Crippen LogP contribution is -2.15. The maximum atomic E-state index is 6.14. The van der Waals surface area contributed by atoms with Crippen LogP contribution < -0.4 is 10.6 Å². The van der Waals surface area contributed by atoms with Gasteiger partial charge in [0.05, 0.1) is 5.52 Å². The first kappa shape index (κ1) is 14.9. The van der Waals surface area contributed by atoms with Crippen LogP contribution in [-0.2, 0) is 6.42 Å². The molecular weight excluding hydrogens is 319 g/mol. The second-order valence-electron chi connectivity index (χ2n) is 5.15. The summed E-state index contributed by atoms with van der Waals surface area (Å²) in [5.74, 6) is 0.904. The molecule has 6 heteroatoms. The van der Waals surface area contributed by atoms with Crippen molar-refractivity contribution in [2.24, 2.45) is 0 Å². The fourth-order valence-electron chi connectivity index (χ4n) is 2.85. The molecule has 4 rings (SSSR count). The molecule has 0 radical (unpaired) electrons. The highest BCUT2D eigenvalue weighted by Crippen LogP contribution is 2.37. The van der Waals surface area contributed by atoms with Crippen molar-refractivity contribution in [1.82, 2.24) is 9.97 Å². The van der Waals surface area contributed by atoms with Crippen molar-refractivity contribution in [3.05, 3.63) is 53.3 Å². The standard InChI is InChI=1S/C16H13ClN4.ClH/c17-11-2-1-10-5-6-21(15(10)7-11)16-13-4-3-12(18)8-14(13)19-9-20-16;/h1-4,7-9H,5-6,18H2;1H. The quantitative estimate of drug-likeness (QED) is 0.685. The molecule has 3 aromatic rings. The van der Waals surface area contributed by atoms with Gasteiger partial charge in [0.2, 0.25) is 0 Å². The van der Waals surface area contributed by atoms with E-state index >= 15 is 0 Å². The molecule has 0 atom stereocenters. The molecule has 0 spiro atoms. The lowest BCUT2D eigenvalue weighted by atomic mass is 10.1. The number of aromatic nitrogens is 2. The lowest BCUT2D eigenvalue weighted by Gasteiger charge is -2.20. The average molecular weight is 333 g/mol. The highest BCUT2D eigenvalue weighted by Gasteiger charge is 2.23. The summed E-state index contributed by atoms with van der Waals surface area (Å²) >= 11 is 6.14. The van der Waals surface area contributed by atoms with Crippen LogP contribution in [0, 0.1) is 0 Å². The third-order valence-corrected chi connectivity index (χ3v) is 4.07. The Bertz CT molecular complexity index is 851. The van der Waals surface area contributed by atoms with Crippen molar-refractivity contribution in [1.29, 1.82) is 0 Å². The van der Waals surface area contributed by atoms with Gasteiger partial charge in [-0.15, -0.1) is 12.4 Å². The van der Waals surface area contributed by atoms with E-state index in [1.807, 2.05) is 30.3 Å². The van der Waals surface area contributed by atoms with Crippen molar-refractivity contribution in [2.45, 2.75) is 6.42 Å². The monoisotopic (exact) mass is 332 g/mol. The number of nitrogens with two attached hydrogens (primary N) is 1. The maximum absolute atomic E-state index is 6.14. The van der Waals surface area contributed by atoms with E-state index in [1.54, 1.807) is 6.33 Å². The largest absolute Gasteiger partial charge is 0.399 e. The van der Waals surface area contributed by atoms with Gasteiger partial charge in [-0.25, -0.2) is 9.97 Å². The number of anilines is 3. The molecule has 0 bridgehead atoms. The van der Waals surface area contributed by atoms with Crippen LogP contribution in [0.25, 0.3) is 10.9 Å². The van der Waals surface area contributed by atoms with E-state index in [1.165, 1.54) is 5.56 Å². The third kappa shape index (κ3) is 2.34. The topological polar surface area (TPSA) is 55.0 Å². The van der Waals surface area contributed by atoms with Crippen molar-refractivity contribution < 1.29 is 0 Å². The van der Waals surface area contributed by atoms with Crippen LogP contribution in [0.15, 0.2) is 42.7 Å². The predicted molar refractivity (Wildman–Crippen MR) is 93.4 cm³/mol. The van der Waals surface area contributed by atoms with Crippen LogP contribution in [0.2, 0.25) is 5.02 Å². The van der Waals surface area contributed by atoms with Crippen LogP contribution in [0.5, 0.6) is 0 Å². The highest BCUT2D eigenvalue weighted by atomic mass is 35.5. The number of rotatable bonds is 1. The molecule has 0 saturated heterocycles. The second-order valence-corrected chi connectivity index (χ2v) is 5.58. The summed E-state index contributed by atoms with van der Waals surface area (Å²) in [6.45, 7) is 0.895. The smallest absolute Gasteiger partial charge is 0.144 e. The van der Waals surface area contributed by atoms with E-state index in [9.17, 15) is 0 Å². The van der Waals surface area contributed by atoms with Crippen LogP contribution in [-0.4, -0.2) is 16.5 Å². The van der Waals surface area contributed by atoms with Crippen molar-refractivity contribution >= 4 is 52.1 Å². The molecule has 0 aliphatic carbocycles. The van der Waals surface area contributed by atoms with Gasteiger partial charge >= 0.3 is 0 Å². The Kier molecular flexibility index (Phi) is 3.81. The number of nitrogens with zero attached hydrogens (tertiary/aromatic N) is 3. The molecule has 0 unspecified atom stereocenters. The molecular formula is C16H14Cl2N4. The molecule has 4 nitrogen and oxygen atoms in total. The Balaban J connectivity index is 0.00000144. The lowest BCUT2D eigenvalue weighted by molar-refractivity contribution is 0.975. The van der Waals surface area contributed by atoms with E-state index in [2.05, 4.69) is 20.9 Å². The summed E-state index contributed by atoms with van der Waals surface area (Å²) in [7, 11) is 0. The molecule has 0 fully saturated rings.